The van der Waals surface area contributed by atoms with Crippen LogP contribution in [-0.2, 0) is 9.47 Å². The van der Waals surface area contributed by atoms with Gasteiger partial charge in [-0.15, -0.1) is 0 Å². The minimum Gasteiger partial charge on any atom is -0.486 e. The maximum atomic E-state index is 14.8. The van der Waals surface area contributed by atoms with Gasteiger partial charge in [0, 0.05) is 18.1 Å². The van der Waals surface area contributed by atoms with Gasteiger partial charge in [0.25, 0.3) is 0 Å². The molecule has 30 heavy (non-hydrogen) atoms. The van der Waals surface area contributed by atoms with Gasteiger partial charge in [-0.3, -0.25) is 0 Å². The Labute approximate surface area is 175 Å². The summed E-state index contributed by atoms with van der Waals surface area (Å²) in [4.78, 5) is 0. The molecule has 3 nitrogen and oxygen atoms in total. The molecule has 2 unspecified atom stereocenters. The molecule has 0 aliphatic carbocycles. The van der Waals surface area contributed by atoms with E-state index in [1.807, 2.05) is 0 Å². The first-order valence-corrected chi connectivity index (χ1v) is 10.3. The summed E-state index contributed by atoms with van der Waals surface area (Å²) in [6, 6.07) is 7.17. The van der Waals surface area contributed by atoms with Crippen molar-refractivity contribution in [2.45, 2.75) is 44.8 Å². The van der Waals surface area contributed by atoms with E-state index in [2.05, 4.69) is 13.5 Å². The maximum absolute atomic E-state index is 14.8. The molecule has 162 valence electrons. The molecule has 0 N–H and O–H groups in total. The SMILES string of the molecule is C=CCOc1ccc(-c2ccc(C3CCC(OCCCC)OC3)c(F)c2)c(F)c1F. The fourth-order valence-corrected chi connectivity index (χ4v) is 3.50. The van der Waals surface area contributed by atoms with Gasteiger partial charge < -0.3 is 14.2 Å². The van der Waals surface area contributed by atoms with Crippen LogP contribution in [0.3, 0.4) is 0 Å². The Morgan fingerprint density at radius 1 is 1.13 bits per heavy atom. The first-order chi connectivity index (χ1) is 14.5. The third-order valence-corrected chi connectivity index (χ3v) is 5.19. The molecule has 0 bridgehead atoms. The van der Waals surface area contributed by atoms with Gasteiger partial charge in [0.1, 0.15) is 12.4 Å². The van der Waals surface area contributed by atoms with E-state index < -0.39 is 17.5 Å². The quantitative estimate of drug-likeness (QED) is 0.348. The predicted molar refractivity (Wildman–Crippen MR) is 110 cm³/mol. The number of rotatable bonds is 9. The zero-order valence-corrected chi connectivity index (χ0v) is 17.1. The monoisotopic (exact) mass is 420 g/mol. The lowest BCUT2D eigenvalue weighted by molar-refractivity contribution is -0.167. The summed E-state index contributed by atoms with van der Waals surface area (Å²) < 4.78 is 60.0. The highest BCUT2D eigenvalue weighted by Gasteiger charge is 2.26. The molecule has 6 heteroatoms. The molecule has 0 radical (unpaired) electrons. The highest BCUT2D eigenvalue weighted by molar-refractivity contribution is 5.66. The van der Waals surface area contributed by atoms with Crippen LogP contribution < -0.4 is 4.74 Å². The molecular weight excluding hydrogens is 393 g/mol. The normalized spacial score (nSPS) is 18.9. The van der Waals surface area contributed by atoms with Crippen LogP contribution in [0, 0.1) is 17.5 Å². The van der Waals surface area contributed by atoms with Crippen molar-refractivity contribution in [3.63, 3.8) is 0 Å². The number of halogens is 3. The van der Waals surface area contributed by atoms with Crippen molar-refractivity contribution in [1.82, 2.24) is 0 Å². The molecule has 0 amide bonds. The summed E-state index contributed by atoms with van der Waals surface area (Å²) >= 11 is 0. The maximum Gasteiger partial charge on any atom is 0.201 e. The van der Waals surface area contributed by atoms with E-state index in [-0.39, 0.29) is 35.7 Å². The van der Waals surface area contributed by atoms with Crippen molar-refractivity contribution in [2.75, 3.05) is 19.8 Å². The zero-order valence-electron chi connectivity index (χ0n) is 17.1. The van der Waals surface area contributed by atoms with Crippen LogP contribution >= 0.6 is 0 Å². The molecule has 1 aliphatic heterocycles. The van der Waals surface area contributed by atoms with Gasteiger partial charge in [-0.2, -0.15) is 4.39 Å². The van der Waals surface area contributed by atoms with Crippen molar-refractivity contribution < 1.29 is 27.4 Å². The smallest absolute Gasteiger partial charge is 0.201 e. The molecule has 1 aliphatic rings. The lowest BCUT2D eigenvalue weighted by atomic mass is 9.91. The van der Waals surface area contributed by atoms with Crippen LogP contribution in [0.25, 0.3) is 11.1 Å². The van der Waals surface area contributed by atoms with Crippen molar-refractivity contribution >= 4 is 0 Å². The van der Waals surface area contributed by atoms with Crippen molar-refractivity contribution in [2.24, 2.45) is 0 Å². The second kappa shape index (κ2) is 10.6. The van der Waals surface area contributed by atoms with Gasteiger partial charge in [0.15, 0.2) is 17.9 Å². The molecule has 2 aromatic rings. The third kappa shape index (κ3) is 5.24. The van der Waals surface area contributed by atoms with Gasteiger partial charge in [-0.1, -0.05) is 38.1 Å². The van der Waals surface area contributed by atoms with Crippen molar-refractivity contribution in [3.05, 3.63) is 66.0 Å². The Balaban J connectivity index is 1.70. The van der Waals surface area contributed by atoms with E-state index in [1.54, 1.807) is 12.1 Å². The highest BCUT2D eigenvalue weighted by Crippen LogP contribution is 2.34. The fraction of sp³-hybridized carbons (Fsp3) is 0.417. The summed E-state index contributed by atoms with van der Waals surface area (Å²) in [5.41, 5.74) is 0.756. The molecule has 1 fully saturated rings. The molecule has 2 aromatic carbocycles. The van der Waals surface area contributed by atoms with Crippen molar-refractivity contribution in [1.29, 1.82) is 0 Å². The topological polar surface area (TPSA) is 27.7 Å². The minimum absolute atomic E-state index is 0.0202. The first-order valence-electron chi connectivity index (χ1n) is 10.3. The Bertz CT molecular complexity index is 861. The average Bonchev–Trinajstić information content (AvgIpc) is 2.75. The lowest BCUT2D eigenvalue weighted by Gasteiger charge is -2.29. The number of ether oxygens (including phenoxy) is 3. The largest absolute Gasteiger partial charge is 0.486 e. The molecule has 2 atom stereocenters. The summed E-state index contributed by atoms with van der Waals surface area (Å²) in [6.07, 6.45) is 4.68. The Kier molecular flexibility index (Phi) is 7.94. The van der Waals surface area contributed by atoms with Crippen LogP contribution in [-0.4, -0.2) is 26.1 Å². The Hall–Kier alpha value is -2.31. The van der Waals surface area contributed by atoms with E-state index >= 15 is 0 Å². The summed E-state index contributed by atoms with van der Waals surface area (Å²) in [6.45, 7) is 6.66. The minimum atomic E-state index is -1.10. The third-order valence-electron chi connectivity index (χ3n) is 5.19. The van der Waals surface area contributed by atoms with Gasteiger partial charge in [-0.25, -0.2) is 8.78 Å². The molecule has 1 saturated heterocycles. The zero-order chi connectivity index (χ0) is 21.5. The highest BCUT2D eigenvalue weighted by atomic mass is 19.2. The summed E-state index contributed by atoms with van der Waals surface area (Å²) in [5, 5.41) is 0. The van der Waals surface area contributed by atoms with E-state index in [0.717, 1.165) is 19.3 Å². The Morgan fingerprint density at radius 2 is 1.97 bits per heavy atom. The number of hydrogen-bond donors (Lipinski definition) is 0. The molecule has 0 saturated carbocycles. The first kappa shape index (κ1) is 22.4. The van der Waals surface area contributed by atoms with Crippen LogP contribution in [0.1, 0.15) is 44.1 Å². The lowest BCUT2D eigenvalue weighted by Crippen LogP contribution is -2.27. The number of unbranched alkanes of at least 4 members (excludes halogenated alkanes) is 1. The van der Waals surface area contributed by atoms with E-state index in [4.69, 9.17) is 14.2 Å². The van der Waals surface area contributed by atoms with Crippen LogP contribution in [0.4, 0.5) is 13.2 Å². The van der Waals surface area contributed by atoms with E-state index in [1.165, 1.54) is 24.3 Å². The van der Waals surface area contributed by atoms with Crippen molar-refractivity contribution in [3.8, 4) is 16.9 Å². The summed E-state index contributed by atoms with van der Waals surface area (Å²) in [5.74, 6) is -2.94. The van der Waals surface area contributed by atoms with Gasteiger partial charge in [0.2, 0.25) is 5.82 Å². The second-order valence-electron chi connectivity index (χ2n) is 7.34. The molecule has 1 heterocycles. The van der Waals surface area contributed by atoms with Crippen LogP contribution in [0.2, 0.25) is 0 Å². The number of hydrogen-bond acceptors (Lipinski definition) is 3. The second-order valence-corrected chi connectivity index (χ2v) is 7.34. The van der Waals surface area contributed by atoms with E-state index in [0.29, 0.717) is 25.2 Å². The number of benzene rings is 2. The average molecular weight is 420 g/mol. The van der Waals surface area contributed by atoms with Gasteiger partial charge >= 0.3 is 0 Å². The van der Waals surface area contributed by atoms with Crippen LogP contribution in [0.5, 0.6) is 5.75 Å². The standard InChI is InChI=1S/C24H27F3O3/c1-3-5-13-29-22-11-7-17(15-30-22)18-8-6-16(14-20(18)25)19-9-10-21(28-12-4-2)24(27)23(19)26/h4,6,8-10,14,17,22H,2-3,5,7,11-13,15H2,1H3. The van der Waals surface area contributed by atoms with Crippen LogP contribution in [0.15, 0.2) is 43.0 Å². The fourth-order valence-electron chi connectivity index (χ4n) is 3.50. The molecule has 0 spiro atoms. The predicted octanol–water partition coefficient (Wildman–Crippen LogP) is 6.37. The van der Waals surface area contributed by atoms with Gasteiger partial charge in [0.05, 0.1) is 6.61 Å². The van der Waals surface area contributed by atoms with E-state index in [9.17, 15) is 13.2 Å². The Morgan fingerprint density at radius 3 is 2.63 bits per heavy atom. The molecule has 0 aromatic heterocycles. The molecule has 3 rings (SSSR count). The van der Waals surface area contributed by atoms with Gasteiger partial charge in [-0.05, 0) is 48.6 Å². The summed E-state index contributed by atoms with van der Waals surface area (Å²) in [7, 11) is 0. The molecular formula is C24H27F3O3.